The second-order valence-corrected chi connectivity index (χ2v) is 4.53. The monoisotopic (exact) mass is 270 g/mol. The van der Waals surface area contributed by atoms with Gasteiger partial charge < -0.3 is 9.47 Å². The number of esters is 2. The summed E-state index contributed by atoms with van der Waals surface area (Å²) in [6.07, 6.45) is 5.25. The van der Waals surface area contributed by atoms with Gasteiger partial charge in [0, 0.05) is 6.42 Å². The maximum Gasteiger partial charge on any atom is 0.337 e. The molecule has 0 aliphatic heterocycles. The minimum Gasteiger partial charge on any atom is -0.461 e. The van der Waals surface area contributed by atoms with Crippen molar-refractivity contribution < 1.29 is 19.1 Å². The van der Waals surface area contributed by atoms with Gasteiger partial charge in [0.1, 0.15) is 6.61 Å². The van der Waals surface area contributed by atoms with Crippen LogP contribution >= 0.6 is 0 Å². The fourth-order valence-electron chi connectivity index (χ4n) is 1.34. The number of unbranched alkanes of at least 4 members (excludes halogenated alkanes) is 1. The van der Waals surface area contributed by atoms with E-state index in [0.717, 1.165) is 19.3 Å². The number of allylic oxidation sites excluding steroid dienone is 1. The van der Waals surface area contributed by atoms with E-state index >= 15 is 0 Å². The predicted octanol–water partition coefficient (Wildman–Crippen LogP) is 3.40. The molecule has 4 heteroatoms. The topological polar surface area (TPSA) is 52.6 Å². The van der Waals surface area contributed by atoms with Gasteiger partial charge in [0.05, 0.1) is 11.7 Å². The van der Waals surface area contributed by atoms with Gasteiger partial charge >= 0.3 is 11.9 Å². The van der Waals surface area contributed by atoms with Crippen LogP contribution in [0.15, 0.2) is 11.6 Å². The third kappa shape index (κ3) is 8.41. The van der Waals surface area contributed by atoms with Gasteiger partial charge in [-0.15, -0.1) is 0 Å². The lowest BCUT2D eigenvalue weighted by Crippen LogP contribution is -2.19. The SMILES string of the molecule is CCC=C(COC(=O)CCCC)C(=O)OC(C)CC. The lowest BCUT2D eigenvalue weighted by molar-refractivity contribution is -0.147. The molecule has 110 valence electrons. The van der Waals surface area contributed by atoms with Gasteiger partial charge in [-0.1, -0.05) is 33.3 Å². The summed E-state index contributed by atoms with van der Waals surface area (Å²) >= 11 is 0. The number of rotatable bonds is 9. The maximum absolute atomic E-state index is 11.8. The van der Waals surface area contributed by atoms with E-state index in [9.17, 15) is 9.59 Å². The summed E-state index contributed by atoms with van der Waals surface area (Å²) < 4.78 is 10.3. The van der Waals surface area contributed by atoms with Gasteiger partial charge in [-0.3, -0.25) is 4.79 Å². The Morgan fingerprint density at radius 2 is 1.89 bits per heavy atom. The summed E-state index contributed by atoms with van der Waals surface area (Å²) in [4.78, 5) is 23.3. The fourth-order valence-corrected chi connectivity index (χ4v) is 1.34. The normalized spacial score (nSPS) is 12.9. The van der Waals surface area contributed by atoms with E-state index in [1.807, 2.05) is 27.7 Å². The number of carbonyl (C=O) groups excluding carboxylic acids is 2. The van der Waals surface area contributed by atoms with Crippen molar-refractivity contribution in [2.75, 3.05) is 6.61 Å². The van der Waals surface area contributed by atoms with E-state index < -0.39 is 0 Å². The van der Waals surface area contributed by atoms with Crippen LogP contribution in [-0.4, -0.2) is 24.6 Å². The largest absolute Gasteiger partial charge is 0.461 e. The van der Waals surface area contributed by atoms with Crippen molar-refractivity contribution in [1.82, 2.24) is 0 Å². The quantitative estimate of drug-likeness (QED) is 0.476. The highest BCUT2D eigenvalue weighted by atomic mass is 16.6. The van der Waals surface area contributed by atoms with Crippen molar-refractivity contribution in [3.63, 3.8) is 0 Å². The zero-order valence-corrected chi connectivity index (χ0v) is 12.5. The van der Waals surface area contributed by atoms with Gasteiger partial charge in [0.25, 0.3) is 0 Å². The molecular weight excluding hydrogens is 244 g/mol. The summed E-state index contributed by atoms with van der Waals surface area (Å²) in [7, 11) is 0. The van der Waals surface area contributed by atoms with Crippen LogP contribution in [0.25, 0.3) is 0 Å². The molecule has 0 bridgehead atoms. The van der Waals surface area contributed by atoms with Crippen molar-refractivity contribution in [3.05, 3.63) is 11.6 Å². The van der Waals surface area contributed by atoms with Crippen molar-refractivity contribution in [1.29, 1.82) is 0 Å². The van der Waals surface area contributed by atoms with Crippen LogP contribution in [0.2, 0.25) is 0 Å². The number of carbonyl (C=O) groups is 2. The van der Waals surface area contributed by atoms with Crippen molar-refractivity contribution in [2.24, 2.45) is 0 Å². The predicted molar refractivity (Wildman–Crippen MR) is 74.7 cm³/mol. The maximum atomic E-state index is 11.8. The Labute approximate surface area is 116 Å². The molecule has 0 fully saturated rings. The highest BCUT2D eigenvalue weighted by Crippen LogP contribution is 2.07. The second-order valence-electron chi connectivity index (χ2n) is 4.53. The first-order valence-electron chi connectivity index (χ1n) is 7.10. The first-order chi connectivity index (χ1) is 9.04. The van der Waals surface area contributed by atoms with Gasteiger partial charge in [-0.25, -0.2) is 4.79 Å². The average Bonchev–Trinajstić information content (AvgIpc) is 2.40. The molecule has 19 heavy (non-hydrogen) atoms. The van der Waals surface area contributed by atoms with Crippen LogP contribution in [0.1, 0.15) is 59.8 Å². The summed E-state index contributed by atoms with van der Waals surface area (Å²) in [5.74, 6) is -0.653. The Balaban J connectivity index is 4.30. The smallest absolute Gasteiger partial charge is 0.337 e. The lowest BCUT2D eigenvalue weighted by Gasteiger charge is -2.13. The molecule has 0 aromatic heterocycles. The molecule has 0 amide bonds. The van der Waals surface area contributed by atoms with Gasteiger partial charge in [0.2, 0.25) is 0 Å². The van der Waals surface area contributed by atoms with Crippen molar-refractivity contribution in [3.8, 4) is 0 Å². The van der Waals surface area contributed by atoms with Gasteiger partial charge in [-0.05, 0) is 26.2 Å². The molecule has 0 saturated heterocycles. The van der Waals surface area contributed by atoms with Crippen LogP contribution < -0.4 is 0 Å². The van der Waals surface area contributed by atoms with Crippen LogP contribution in [-0.2, 0) is 19.1 Å². The number of ether oxygens (including phenoxy) is 2. The molecule has 0 aromatic carbocycles. The lowest BCUT2D eigenvalue weighted by atomic mass is 10.2. The first kappa shape index (κ1) is 17.7. The highest BCUT2D eigenvalue weighted by Gasteiger charge is 2.15. The standard InChI is InChI=1S/C15H26O4/c1-5-8-10-14(16)18-11-13(9-6-2)15(17)19-12(4)7-3/h9,12H,5-8,10-11H2,1-4H3. The summed E-state index contributed by atoms with van der Waals surface area (Å²) in [5, 5.41) is 0. The Bertz CT molecular complexity index is 307. The Morgan fingerprint density at radius 3 is 2.42 bits per heavy atom. The summed E-state index contributed by atoms with van der Waals surface area (Å²) in [5.41, 5.74) is 0.424. The molecule has 4 nitrogen and oxygen atoms in total. The average molecular weight is 270 g/mol. The van der Waals surface area contributed by atoms with E-state index in [0.29, 0.717) is 18.4 Å². The second kappa shape index (κ2) is 10.6. The van der Waals surface area contributed by atoms with E-state index in [4.69, 9.17) is 9.47 Å². The third-order valence-electron chi connectivity index (χ3n) is 2.72. The molecule has 0 N–H and O–H groups in total. The van der Waals surface area contributed by atoms with E-state index in [1.54, 1.807) is 6.08 Å². The molecule has 0 aromatic rings. The molecule has 0 aliphatic rings. The summed E-state index contributed by atoms with van der Waals surface area (Å²) in [6.45, 7) is 7.74. The van der Waals surface area contributed by atoms with E-state index in [1.165, 1.54) is 0 Å². The minimum absolute atomic E-state index is 0.00561. The molecule has 0 rings (SSSR count). The van der Waals surface area contributed by atoms with Gasteiger partial charge in [0.15, 0.2) is 0 Å². The van der Waals surface area contributed by atoms with Crippen LogP contribution in [0.5, 0.6) is 0 Å². The molecule has 0 radical (unpaired) electrons. The molecule has 0 saturated carbocycles. The number of hydrogen-bond acceptors (Lipinski definition) is 4. The van der Waals surface area contributed by atoms with E-state index in [-0.39, 0.29) is 24.6 Å². The molecular formula is C15H26O4. The van der Waals surface area contributed by atoms with Crippen molar-refractivity contribution in [2.45, 2.75) is 65.9 Å². The summed E-state index contributed by atoms with van der Waals surface area (Å²) in [6, 6.07) is 0. The zero-order chi connectivity index (χ0) is 14.7. The third-order valence-corrected chi connectivity index (χ3v) is 2.72. The fraction of sp³-hybridized carbons (Fsp3) is 0.733. The first-order valence-corrected chi connectivity index (χ1v) is 7.10. The molecule has 1 atom stereocenters. The molecule has 0 spiro atoms. The Morgan fingerprint density at radius 1 is 1.21 bits per heavy atom. The molecule has 1 unspecified atom stereocenters. The van der Waals surface area contributed by atoms with Crippen LogP contribution in [0.3, 0.4) is 0 Å². The molecule has 0 aliphatic carbocycles. The van der Waals surface area contributed by atoms with Crippen LogP contribution in [0, 0.1) is 0 Å². The van der Waals surface area contributed by atoms with E-state index in [2.05, 4.69) is 0 Å². The van der Waals surface area contributed by atoms with Crippen molar-refractivity contribution >= 4 is 11.9 Å². The highest BCUT2D eigenvalue weighted by molar-refractivity contribution is 5.89. The van der Waals surface area contributed by atoms with Crippen LogP contribution in [0.4, 0.5) is 0 Å². The Hall–Kier alpha value is -1.32. The molecule has 0 heterocycles. The minimum atomic E-state index is -0.389. The van der Waals surface area contributed by atoms with Gasteiger partial charge in [-0.2, -0.15) is 0 Å². The zero-order valence-electron chi connectivity index (χ0n) is 12.5. The number of hydrogen-bond donors (Lipinski definition) is 0. The Kier molecular flexibility index (Phi) is 9.85.